The molecular weight excluding hydrogens is 274 g/mol. The molecule has 0 amide bonds. The van der Waals surface area contributed by atoms with Crippen LogP contribution in [-0.2, 0) is 0 Å². The van der Waals surface area contributed by atoms with Gasteiger partial charge in [0.15, 0.2) is 0 Å². The molecule has 22 heavy (non-hydrogen) atoms. The largest absolute Gasteiger partial charge is 0.478 e. The highest BCUT2D eigenvalue weighted by atomic mass is 16.4. The second kappa shape index (κ2) is 5.02. The lowest BCUT2D eigenvalue weighted by molar-refractivity contribution is 0.0696. The molecule has 2 aliphatic rings. The number of carbonyl (C=O) groups is 1. The van der Waals surface area contributed by atoms with E-state index in [1.54, 1.807) is 6.07 Å². The average molecular weight is 291 g/mol. The summed E-state index contributed by atoms with van der Waals surface area (Å²) >= 11 is 0. The number of allylic oxidation sites excluding steroid dienone is 2. The summed E-state index contributed by atoms with van der Waals surface area (Å²) in [5.41, 5.74) is 3.80. The van der Waals surface area contributed by atoms with Gasteiger partial charge in [0.05, 0.1) is 11.6 Å². The summed E-state index contributed by atoms with van der Waals surface area (Å²) in [6, 6.07) is 16.1. The van der Waals surface area contributed by atoms with Gasteiger partial charge >= 0.3 is 5.97 Å². The molecule has 0 saturated heterocycles. The Morgan fingerprint density at radius 2 is 1.95 bits per heavy atom. The molecule has 4 rings (SSSR count). The number of hydrogen-bond donors (Lipinski definition) is 2. The van der Waals surface area contributed by atoms with Gasteiger partial charge in [-0.1, -0.05) is 42.5 Å². The Balaban J connectivity index is 1.79. The van der Waals surface area contributed by atoms with Gasteiger partial charge in [0.2, 0.25) is 0 Å². The normalized spacial score (nSPS) is 25.2. The third-order valence-electron chi connectivity index (χ3n) is 4.77. The molecule has 3 heteroatoms. The Morgan fingerprint density at radius 1 is 1.14 bits per heavy atom. The highest BCUT2D eigenvalue weighted by molar-refractivity contribution is 5.89. The minimum Gasteiger partial charge on any atom is -0.478 e. The summed E-state index contributed by atoms with van der Waals surface area (Å²) in [6.07, 6.45) is 5.47. The SMILES string of the molecule is O=C(O)c1ccc2c(c1)[C@@H]1C=CC[C@H]1[C@@H](c1ccccc1)N2. The average Bonchev–Trinajstić information content (AvgIpc) is 3.04. The Bertz CT molecular complexity index is 751. The van der Waals surface area contributed by atoms with Gasteiger partial charge in [0.1, 0.15) is 0 Å². The number of nitrogens with one attached hydrogen (secondary N) is 1. The first-order valence-electron chi connectivity index (χ1n) is 7.59. The van der Waals surface area contributed by atoms with Gasteiger partial charge in [0.25, 0.3) is 0 Å². The second-order valence-electron chi connectivity index (χ2n) is 5.99. The fraction of sp³-hybridized carbons (Fsp3) is 0.211. The van der Waals surface area contributed by atoms with E-state index in [4.69, 9.17) is 0 Å². The summed E-state index contributed by atoms with van der Waals surface area (Å²) < 4.78 is 0. The quantitative estimate of drug-likeness (QED) is 0.815. The topological polar surface area (TPSA) is 49.3 Å². The molecule has 0 spiro atoms. The summed E-state index contributed by atoms with van der Waals surface area (Å²) in [7, 11) is 0. The van der Waals surface area contributed by atoms with Gasteiger partial charge in [-0.15, -0.1) is 0 Å². The van der Waals surface area contributed by atoms with E-state index in [1.807, 2.05) is 18.2 Å². The molecule has 1 aliphatic heterocycles. The van der Waals surface area contributed by atoms with E-state index < -0.39 is 5.97 Å². The third-order valence-corrected chi connectivity index (χ3v) is 4.77. The molecule has 2 N–H and O–H groups in total. The first-order valence-corrected chi connectivity index (χ1v) is 7.59. The van der Waals surface area contributed by atoms with E-state index in [9.17, 15) is 9.90 Å². The minimum absolute atomic E-state index is 0.268. The van der Waals surface area contributed by atoms with Crippen LogP contribution < -0.4 is 5.32 Å². The summed E-state index contributed by atoms with van der Waals surface area (Å²) in [6.45, 7) is 0. The maximum Gasteiger partial charge on any atom is 0.335 e. The highest BCUT2D eigenvalue weighted by Gasteiger charge is 2.37. The van der Waals surface area contributed by atoms with E-state index >= 15 is 0 Å². The molecule has 0 saturated carbocycles. The maximum absolute atomic E-state index is 11.2. The molecule has 1 heterocycles. The van der Waals surface area contributed by atoms with Gasteiger partial charge in [-0.05, 0) is 41.7 Å². The number of rotatable bonds is 2. The van der Waals surface area contributed by atoms with Gasteiger partial charge in [0, 0.05) is 11.6 Å². The van der Waals surface area contributed by atoms with Crippen molar-refractivity contribution in [1.29, 1.82) is 0 Å². The number of benzene rings is 2. The van der Waals surface area contributed by atoms with Crippen molar-refractivity contribution < 1.29 is 9.90 Å². The zero-order chi connectivity index (χ0) is 15.1. The van der Waals surface area contributed by atoms with Gasteiger partial charge in [-0.2, -0.15) is 0 Å². The first kappa shape index (κ1) is 13.1. The lowest BCUT2D eigenvalue weighted by atomic mass is 9.76. The molecule has 0 radical (unpaired) electrons. The molecular formula is C19H17NO2. The van der Waals surface area contributed by atoms with Crippen LogP contribution in [-0.4, -0.2) is 11.1 Å². The van der Waals surface area contributed by atoms with Crippen LogP contribution in [0.25, 0.3) is 0 Å². The van der Waals surface area contributed by atoms with Crippen molar-refractivity contribution in [2.75, 3.05) is 5.32 Å². The van der Waals surface area contributed by atoms with Gasteiger partial charge < -0.3 is 10.4 Å². The number of carboxylic acid groups (broad SMARTS) is 1. The zero-order valence-corrected chi connectivity index (χ0v) is 12.1. The number of aromatic carboxylic acids is 1. The lowest BCUT2D eigenvalue weighted by Crippen LogP contribution is -2.29. The first-order chi connectivity index (χ1) is 10.7. The summed E-state index contributed by atoms with van der Waals surface area (Å²) in [5.74, 6) is -0.133. The van der Waals surface area contributed by atoms with Crippen LogP contribution in [0, 0.1) is 5.92 Å². The molecule has 0 unspecified atom stereocenters. The Morgan fingerprint density at radius 3 is 2.73 bits per heavy atom. The minimum atomic E-state index is -0.869. The van der Waals surface area contributed by atoms with E-state index in [-0.39, 0.29) is 6.04 Å². The Hall–Kier alpha value is -2.55. The molecule has 2 aromatic rings. The molecule has 2 aromatic carbocycles. The van der Waals surface area contributed by atoms with Crippen molar-refractivity contribution >= 4 is 11.7 Å². The fourth-order valence-electron chi connectivity index (χ4n) is 3.72. The van der Waals surface area contributed by atoms with Crippen LogP contribution in [0.3, 0.4) is 0 Å². The van der Waals surface area contributed by atoms with Crippen molar-refractivity contribution in [2.24, 2.45) is 5.92 Å². The Kier molecular flexibility index (Phi) is 3.00. The monoisotopic (exact) mass is 291 g/mol. The van der Waals surface area contributed by atoms with Crippen LogP contribution in [0.5, 0.6) is 0 Å². The number of carboxylic acids is 1. The van der Waals surface area contributed by atoms with Crippen molar-refractivity contribution in [2.45, 2.75) is 18.4 Å². The molecule has 3 atom stereocenters. The fourth-order valence-corrected chi connectivity index (χ4v) is 3.72. The molecule has 110 valence electrons. The second-order valence-corrected chi connectivity index (χ2v) is 5.99. The van der Waals surface area contributed by atoms with Crippen molar-refractivity contribution in [3.05, 3.63) is 77.4 Å². The Labute approximate surface area is 129 Å². The van der Waals surface area contributed by atoms with Gasteiger partial charge in [-0.25, -0.2) is 4.79 Å². The zero-order valence-electron chi connectivity index (χ0n) is 12.1. The van der Waals surface area contributed by atoms with E-state index in [0.717, 1.165) is 17.7 Å². The van der Waals surface area contributed by atoms with Gasteiger partial charge in [-0.3, -0.25) is 0 Å². The number of hydrogen-bond acceptors (Lipinski definition) is 2. The van der Waals surface area contributed by atoms with Crippen LogP contribution in [0.4, 0.5) is 5.69 Å². The van der Waals surface area contributed by atoms with Crippen LogP contribution in [0.15, 0.2) is 60.7 Å². The van der Waals surface area contributed by atoms with Crippen LogP contribution >= 0.6 is 0 Å². The molecule has 3 nitrogen and oxygen atoms in total. The smallest absolute Gasteiger partial charge is 0.335 e. The van der Waals surface area contributed by atoms with Crippen molar-refractivity contribution in [3.8, 4) is 0 Å². The van der Waals surface area contributed by atoms with E-state index in [0.29, 0.717) is 17.4 Å². The standard InChI is InChI=1S/C19H17NO2/c21-19(22)13-9-10-17-16(11-13)14-7-4-8-15(14)18(20-17)12-5-2-1-3-6-12/h1-7,9-11,14-15,18,20H,8H2,(H,21,22)/t14-,15-,18-/m1/s1. The lowest BCUT2D eigenvalue weighted by Gasteiger charge is -2.37. The highest BCUT2D eigenvalue weighted by Crippen LogP contribution is 2.49. The van der Waals surface area contributed by atoms with Crippen LogP contribution in [0.2, 0.25) is 0 Å². The predicted molar refractivity (Wildman–Crippen MR) is 86.2 cm³/mol. The molecule has 0 aromatic heterocycles. The maximum atomic E-state index is 11.2. The van der Waals surface area contributed by atoms with Crippen LogP contribution in [0.1, 0.15) is 39.9 Å². The summed E-state index contributed by atoms with van der Waals surface area (Å²) in [5, 5.41) is 12.8. The number of anilines is 1. The van der Waals surface area contributed by atoms with Crippen molar-refractivity contribution in [1.82, 2.24) is 0 Å². The van der Waals surface area contributed by atoms with E-state index in [1.165, 1.54) is 5.56 Å². The predicted octanol–water partition coefficient (Wildman–Crippen LogP) is 4.21. The van der Waals surface area contributed by atoms with Crippen molar-refractivity contribution in [3.63, 3.8) is 0 Å². The molecule has 1 aliphatic carbocycles. The summed E-state index contributed by atoms with van der Waals surface area (Å²) in [4.78, 5) is 11.2. The third kappa shape index (κ3) is 2.01. The molecule has 0 fully saturated rings. The number of fused-ring (bicyclic) bond motifs is 3. The van der Waals surface area contributed by atoms with E-state index in [2.05, 4.69) is 41.7 Å². The molecule has 0 bridgehead atoms.